The molecule has 1 atom stereocenters. The lowest BCUT2D eigenvalue weighted by Gasteiger charge is -2.16. The number of benzene rings is 2. The van der Waals surface area contributed by atoms with Gasteiger partial charge in [-0.05, 0) is 36.8 Å². The highest BCUT2D eigenvalue weighted by Crippen LogP contribution is 2.34. The van der Waals surface area contributed by atoms with Crippen LogP contribution in [0.3, 0.4) is 0 Å². The number of nitrogens with zero attached hydrogens (tertiary/aromatic N) is 3. The molecule has 0 spiro atoms. The van der Waals surface area contributed by atoms with E-state index in [1.165, 1.54) is 13.0 Å². The minimum Gasteiger partial charge on any atom is -0.344 e. The summed E-state index contributed by atoms with van der Waals surface area (Å²) in [6.45, 7) is 1.38. The summed E-state index contributed by atoms with van der Waals surface area (Å²) in [4.78, 5) is 34.7. The number of nitrogens with one attached hydrogen (secondary N) is 1. The first-order chi connectivity index (χ1) is 14.6. The molecule has 0 bridgehead atoms. The lowest BCUT2D eigenvalue weighted by Crippen LogP contribution is -2.30. The summed E-state index contributed by atoms with van der Waals surface area (Å²) in [5.74, 6) is -0.766. The normalized spacial score (nSPS) is 12.3. The number of hydrogen-bond acceptors (Lipinski definition) is 5. The van der Waals surface area contributed by atoms with Crippen LogP contribution >= 0.6 is 0 Å². The van der Waals surface area contributed by atoms with Gasteiger partial charge in [0.1, 0.15) is 5.69 Å². The van der Waals surface area contributed by atoms with Gasteiger partial charge in [-0.15, -0.1) is 0 Å². The first-order valence-electron chi connectivity index (χ1n) is 8.89. The van der Waals surface area contributed by atoms with Gasteiger partial charge in [0.05, 0.1) is 22.2 Å². The molecule has 0 aliphatic carbocycles. The lowest BCUT2D eigenvalue weighted by atomic mass is 10.0. The van der Waals surface area contributed by atoms with Crippen LogP contribution in [-0.2, 0) is 6.18 Å². The quantitative estimate of drug-likeness (QED) is 0.489. The molecule has 8 nitrogen and oxygen atoms in total. The van der Waals surface area contributed by atoms with E-state index in [-0.39, 0.29) is 11.3 Å². The van der Waals surface area contributed by atoms with Gasteiger partial charge in [-0.3, -0.25) is 19.7 Å². The van der Waals surface area contributed by atoms with Crippen LogP contribution in [0.5, 0.6) is 0 Å². The van der Waals surface area contributed by atoms with Gasteiger partial charge in [0.25, 0.3) is 17.2 Å². The average Bonchev–Trinajstić information content (AvgIpc) is 2.73. The summed E-state index contributed by atoms with van der Waals surface area (Å²) >= 11 is 0. The standard InChI is InChI=1S/C20H15F3N4O4/c1-12(13-9-14(20(21,22)23)11-16(10-13)27(30)31)24-19(29)17-7-8-18(28)26(25-17)15-5-3-2-4-6-15/h2-12H,1H3,(H,24,29)/t12-/m1/s1. The molecule has 1 heterocycles. The molecule has 160 valence electrons. The van der Waals surface area contributed by atoms with E-state index in [2.05, 4.69) is 10.4 Å². The van der Waals surface area contributed by atoms with E-state index in [9.17, 15) is 32.9 Å². The predicted molar refractivity (Wildman–Crippen MR) is 104 cm³/mol. The van der Waals surface area contributed by atoms with Crippen LogP contribution in [0.2, 0.25) is 0 Å². The number of nitro benzene ring substituents is 1. The fraction of sp³-hybridized carbons (Fsp3) is 0.150. The maximum Gasteiger partial charge on any atom is 0.416 e. The van der Waals surface area contributed by atoms with E-state index in [0.29, 0.717) is 11.8 Å². The van der Waals surface area contributed by atoms with Crippen molar-refractivity contribution in [1.29, 1.82) is 0 Å². The highest BCUT2D eigenvalue weighted by atomic mass is 19.4. The molecule has 1 N–H and O–H groups in total. The van der Waals surface area contributed by atoms with Crippen LogP contribution in [0.15, 0.2) is 65.5 Å². The second-order valence-corrected chi connectivity index (χ2v) is 6.57. The average molecular weight is 432 g/mol. The predicted octanol–water partition coefficient (Wildman–Crippen LogP) is 3.65. The number of alkyl halides is 3. The van der Waals surface area contributed by atoms with Crippen LogP contribution in [0, 0.1) is 10.1 Å². The van der Waals surface area contributed by atoms with Crippen molar-refractivity contribution in [3.63, 3.8) is 0 Å². The fourth-order valence-electron chi connectivity index (χ4n) is 2.79. The van der Waals surface area contributed by atoms with Gasteiger partial charge < -0.3 is 5.32 Å². The monoisotopic (exact) mass is 432 g/mol. The summed E-state index contributed by atoms with van der Waals surface area (Å²) in [6.07, 6.45) is -4.79. The summed E-state index contributed by atoms with van der Waals surface area (Å²) in [7, 11) is 0. The van der Waals surface area contributed by atoms with Crippen molar-refractivity contribution in [2.45, 2.75) is 19.1 Å². The van der Waals surface area contributed by atoms with Crippen LogP contribution < -0.4 is 10.9 Å². The second-order valence-electron chi connectivity index (χ2n) is 6.57. The molecule has 0 saturated carbocycles. The molecule has 3 aromatic rings. The van der Waals surface area contributed by atoms with E-state index in [4.69, 9.17) is 0 Å². The molecule has 0 fully saturated rings. The third-order valence-electron chi connectivity index (χ3n) is 4.36. The Bertz CT molecular complexity index is 1190. The zero-order chi connectivity index (χ0) is 22.8. The number of aromatic nitrogens is 2. The summed E-state index contributed by atoms with van der Waals surface area (Å²) in [5, 5.41) is 17.5. The maximum absolute atomic E-state index is 13.1. The molecular weight excluding hydrogens is 417 g/mol. The first kappa shape index (κ1) is 21.7. The molecule has 2 aromatic carbocycles. The van der Waals surface area contributed by atoms with Gasteiger partial charge in [-0.25, -0.2) is 0 Å². The summed E-state index contributed by atoms with van der Waals surface area (Å²) < 4.78 is 40.3. The molecule has 3 rings (SSSR count). The number of rotatable bonds is 5. The molecular formula is C20H15F3N4O4. The molecule has 0 aliphatic rings. The number of para-hydroxylation sites is 1. The minimum atomic E-state index is -4.79. The Kier molecular flexibility index (Phi) is 5.86. The summed E-state index contributed by atoms with van der Waals surface area (Å²) in [6, 6.07) is 11.7. The number of non-ortho nitro benzene ring substituents is 1. The van der Waals surface area contributed by atoms with Crippen LogP contribution in [0.4, 0.5) is 18.9 Å². The van der Waals surface area contributed by atoms with Crippen molar-refractivity contribution >= 4 is 11.6 Å². The topological polar surface area (TPSA) is 107 Å². The van der Waals surface area contributed by atoms with E-state index < -0.39 is 39.9 Å². The van der Waals surface area contributed by atoms with Gasteiger partial charge in [0, 0.05) is 18.2 Å². The van der Waals surface area contributed by atoms with Crippen molar-refractivity contribution in [2.24, 2.45) is 0 Å². The Balaban J connectivity index is 1.90. The first-order valence-corrected chi connectivity index (χ1v) is 8.89. The maximum atomic E-state index is 13.1. The number of amides is 1. The number of hydrogen-bond donors (Lipinski definition) is 1. The molecule has 0 saturated heterocycles. The number of halogens is 3. The van der Waals surface area contributed by atoms with Crippen LogP contribution in [0.1, 0.15) is 34.6 Å². The van der Waals surface area contributed by atoms with Crippen LogP contribution in [0.25, 0.3) is 5.69 Å². The van der Waals surface area contributed by atoms with Crippen molar-refractivity contribution < 1.29 is 22.9 Å². The third-order valence-corrected chi connectivity index (χ3v) is 4.36. The molecule has 0 radical (unpaired) electrons. The fourth-order valence-corrected chi connectivity index (χ4v) is 2.79. The van der Waals surface area contributed by atoms with Gasteiger partial charge in [-0.2, -0.15) is 23.0 Å². The number of carbonyl (C=O) groups is 1. The van der Waals surface area contributed by atoms with E-state index in [1.807, 2.05) is 0 Å². The molecule has 0 unspecified atom stereocenters. The third kappa shape index (κ3) is 4.94. The Labute approximate surface area is 173 Å². The molecule has 0 aliphatic heterocycles. The van der Waals surface area contributed by atoms with Crippen LogP contribution in [-0.4, -0.2) is 20.6 Å². The van der Waals surface area contributed by atoms with Gasteiger partial charge in [-0.1, -0.05) is 18.2 Å². The Hall–Kier alpha value is -4.02. The second kappa shape index (κ2) is 8.38. The molecule has 1 aromatic heterocycles. The minimum absolute atomic E-state index is 0.105. The van der Waals surface area contributed by atoms with Crippen molar-refractivity contribution in [2.75, 3.05) is 0 Å². The molecule has 1 amide bonds. The lowest BCUT2D eigenvalue weighted by molar-refractivity contribution is -0.385. The number of nitro groups is 1. The number of carbonyl (C=O) groups excluding carboxylic acids is 1. The summed E-state index contributed by atoms with van der Waals surface area (Å²) in [5.41, 5.74) is -2.27. The van der Waals surface area contributed by atoms with E-state index >= 15 is 0 Å². The van der Waals surface area contributed by atoms with Crippen molar-refractivity contribution in [3.8, 4) is 5.69 Å². The van der Waals surface area contributed by atoms with Gasteiger partial charge in [0.2, 0.25) is 0 Å². The zero-order valence-corrected chi connectivity index (χ0v) is 16.0. The molecule has 31 heavy (non-hydrogen) atoms. The van der Waals surface area contributed by atoms with Crippen molar-refractivity contribution in [3.05, 3.63) is 98.0 Å². The highest BCUT2D eigenvalue weighted by Gasteiger charge is 2.33. The smallest absolute Gasteiger partial charge is 0.344 e. The molecule has 11 heteroatoms. The van der Waals surface area contributed by atoms with Crippen molar-refractivity contribution in [1.82, 2.24) is 15.1 Å². The van der Waals surface area contributed by atoms with Gasteiger partial charge in [0.15, 0.2) is 0 Å². The Morgan fingerprint density at radius 1 is 1.13 bits per heavy atom. The van der Waals surface area contributed by atoms with Gasteiger partial charge >= 0.3 is 6.18 Å². The highest BCUT2D eigenvalue weighted by molar-refractivity contribution is 5.92. The SMILES string of the molecule is C[C@@H](NC(=O)c1ccc(=O)n(-c2ccccc2)n1)c1cc([N+](=O)[O-])cc(C(F)(F)F)c1. The Morgan fingerprint density at radius 3 is 2.42 bits per heavy atom. The van der Waals surface area contributed by atoms with E-state index in [0.717, 1.165) is 22.9 Å². The zero-order valence-electron chi connectivity index (χ0n) is 16.0. The Morgan fingerprint density at radius 2 is 1.81 bits per heavy atom. The largest absolute Gasteiger partial charge is 0.416 e. The van der Waals surface area contributed by atoms with E-state index in [1.54, 1.807) is 30.3 Å².